The van der Waals surface area contributed by atoms with Gasteiger partial charge in [-0.2, -0.15) is 4.98 Å². The third-order valence-electron chi connectivity index (χ3n) is 10.5. The molecule has 13 nitrogen and oxygen atoms in total. The summed E-state index contributed by atoms with van der Waals surface area (Å²) < 4.78 is 18.7. The van der Waals surface area contributed by atoms with E-state index in [1.54, 1.807) is 25.3 Å². The van der Waals surface area contributed by atoms with E-state index in [1.165, 1.54) is 6.20 Å². The van der Waals surface area contributed by atoms with E-state index in [1.807, 2.05) is 48.5 Å². The number of ether oxygens (including phenoxy) is 1. The molecule has 282 valence electrons. The highest BCUT2D eigenvalue weighted by Crippen LogP contribution is 2.39. The van der Waals surface area contributed by atoms with Crippen LogP contribution >= 0.6 is 18.7 Å². The number of amides is 3. The Labute approximate surface area is 319 Å². The minimum Gasteiger partial charge on any atom is -0.494 e. The molecule has 1 atom stereocenters. The minimum atomic E-state index is -2.56. The van der Waals surface area contributed by atoms with Gasteiger partial charge in [0.2, 0.25) is 17.8 Å². The number of carbonyl (C=O) groups excluding carboxylic acids is 3. The third-order valence-corrected chi connectivity index (χ3v) is 12.3. The maximum Gasteiger partial charge on any atom is 0.255 e. The van der Waals surface area contributed by atoms with Gasteiger partial charge in [0.25, 0.3) is 5.91 Å². The lowest BCUT2D eigenvalue weighted by Crippen LogP contribution is -2.52. The zero-order valence-electron chi connectivity index (χ0n) is 30.8. The van der Waals surface area contributed by atoms with Gasteiger partial charge in [0.1, 0.15) is 24.0 Å². The molecular formula is C39H44ClN8O5P. The van der Waals surface area contributed by atoms with Gasteiger partial charge in [0.15, 0.2) is 5.82 Å². The number of fused-ring (bicyclic) bond motifs is 1. The first kappa shape index (κ1) is 37.3. The van der Waals surface area contributed by atoms with Crippen molar-refractivity contribution in [2.75, 3.05) is 56.1 Å². The molecule has 0 spiro atoms. The van der Waals surface area contributed by atoms with Crippen molar-refractivity contribution >= 4 is 70.6 Å². The summed E-state index contributed by atoms with van der Waals surface area (Å²) in [6.07, 6.45) is 4.01. The molecule has 0 saturated carbocycles. The van der Waals surface area contributed by atoms with E-state index in [9.17, 15) is 18.9 Å². The summed E-state index contributed by atoms with van der Waals surface area (Å²) >= 11 is 6.47. The third kappa shape index (κ3) is 7.80. The second kappa shape index (κ2) is 15.4. The zero-order valence-corrected chi connectivity index (χ0v) is 32.4. The highest BCUT2D eigenvalue weighted by molar-refractivity contribution is 7.70. The fourth-order valence-electron chi connectivity index (χ4n) is 7.55. The molecule has 54 heavy (non-hydrogen) atoms. The predicted octanol–water partition coefficient (Wildman–Crippen LogP) is 5.74. The number of rotatable bonds is 11. The Morgan fingerprint density at radius 1 is 1.00 bits per heavy atom. The molecule has 7 rings (SSSR count). The SMILES string of the molecule is COc1cc(N2CCC(N(C)Cc3cccc4c3CN(C3CCC(=O)NC3=O)C4=O)CC2)ccc1Nc1ncc(Cl)c(Nc2ccccc2P(C)(C)=O)n1. The van der Waals surface area contributed by atoms with Gasteiger partial charge in [-0.3, -0.25) is 24.6 Å². The first-order valence-electron chi connectivity index (χ1n) is 18.0. The van der Waals surface area contributed by atoms with Crippen LogP contribution in [0.2, 0.25) is 5.02 Å². The number of hydrogen-bond acceptors (Lipinski definition) is 11. The molecule has 2 saturated heterocycles. The number of benzene rings is 3. The number of halogens is 1. The molecular weight excluding hydrogens is 727 g/mol. The topological polar surface area (TPSA) is 149 Å². The monoisotopic (exact) mass is 770 g/mol. The van der Waals surface area contributed by atoms with Gasteiger partial charge in [0, 0.05) is 61.3 Å². The summed E-state index contributed by atoms with van der Waals surface area (Å²) in [5.41, 5.74) is 5.10. The van der Waals surface area contributed by atoms with Crippen LogP contribution in [0.4, 0.5) is 28.8 Å². The molecule has 1 aromatic heterocycles. The summed E-state index contributed by atoms with van der Waals surface area (Å²) in [4.78, 5) is 52.9. The van der Waals surface area contributed by atoms with Gasteiger partial charge in [-0.05, 0) is 81.1 Å². The van der Waals surface area contributed by atoms with Crippen molar-refractivity contribution in [2.24, 2.45) is 0 Å². The average molecular weight is 771 g/mol. The van der Waals surface area contributed by atoms with Crippen molar-refractivity contribution in [3.8, 4) is 5.75 Å². The Balaban J connectivity index is 0.976. The second-order valence-corrected chi connectivity index (χ2v) is 18.0. The van der Waals surface area contributed by atoms with E-state index in [-0.39, 0.29) is 18.2 Å². The van der Waals surface area contributed by atoms with Crippen LogP contribution in [0.1, 0.15) is 47.2 Å². The van der Waals surface area contributed by atoms with E-state index < -0.39 is 19.1 Å². The molecule has 0 aliphatic carbocycles. The van der Waals surface area contributed by atoms with Crippen LogP contribution in [0, 0.1) is 0 Å². The van der Waals surface area contributed by atoms with Crippen molar-refractivity contribution in [1.29, 1.82) is 0 Å². The normalized spacial score (nSPS) is 17.8. The van der Waals surface area contributed by atoms with Crippen LogP contribution in [-0.2, 0) is 27.2 Å². The van der Waals surface area contributed by atoms with E-state index in [0.717, 1.165) is 42.7 Å². The molecule has 0 radical (unpaired) electrons. The molecule has 15 heteroatoms. The van der Waals surface area contributed by atoms with Crippen molar-refractivity contribution in [3.05, 3.63) is 88.6 Å². The number of nitrogens with zero attached hydrogens (tertiary/aromatic N) is 5. The molecule has 2 fully saturated rings. The zero-order chi connectivity index (χ0) is 38.1. The number of nitrogens with one attached hydrogen (secondary N) is 3. The van der Waals surface area contributed by atoms with Crippen LogP contribution in [0.3, 0.4) is 0 Å². The molecule has 3 aliphatic rings. The van der Waals surface area contributed by atoms with Crippen molar-refractivity contribution in [1.82, 2.24) is 25.1 Å². The van der Waals surface area contributed by atoms with Gasteiger partial charge in [-0.1, -0.05) is 35.9 Å². The Hall–Kier alpha value is -4.97. The molecule has 1 unspecified atom stereocenters. The van der Waals surface area contributed by atoms with Crippen LogP contribution in [-0.4, -0.2) is 90.1 Å². The van der Waals surface area contributed by atoms with Crippen molar-refractivity contribution in [2.45, 2.75) is 50.9 Å². The Morgan fingerprint density at radius 3 is 2.52 bits per heavy atom. The standard InChI is InChI=1S/C39H44ClN8O5P/c1-46(22-24-8-7-9-27-28(24)23-48(38(27)51)32-14-15-35(49)44-37(32)50)25-16-18-47(19-17-25)26-12-13-30(33(20-26)53-2)43-39-41-21-29(40)36(45-39)42-31-10-5-6-11-34(31)54(3,4)52/h5-13,20-21,25,32H,14-19,22-23H2,1-4H3,(H,44,49,50)(H2,41,42,43,45). The van der Waals surface area contributed by atoms with Crippen LogP contribution in [0.15, 0.2) is 66.9 Å². The second-order valence-electron chi connectivity index (χ2n) is 14.4. The van der Waals surface area contributed by atoms with Gasteiger partial charge in [-0.15, -0.1) is 0 Å². The van der Waals surface area contributed by atoms with E-state index >= 15 is 0 Å². The fraction of sp³-hybridized carbons (Fsp3) is 0.359. The molecule has 4 aromatic rings. The summed E-state index contributed by atoms with van der Waals surface area (Å²) in [6, 6.07) is 19.0. The van der Waals surface area contributed by atoms with Gasteiger partial charge >= 0.3 is 0 Å². The van der Waals surface area contributed by atoms with E-state index in [4.69, 9.17) is 16.3 Å². The lowest BCUT2D eigenvalue weighted by molar-refractivity contribution is -0.136. The summed E-state index contributed by atoms with van der Waals surface area (Å²) in [5.74, 6) is 0.507. The van der Waals surface area contributed by atoms with Crippen LogP contribution in [0.5, 0.6) is 5.75 Å². The fourth-order valence-corrected chi connectivity index (χ4v) is 8.85. The Bertz CT molecular complexity index is 2150. The highest BCUT2D eigenvalue weighted by atomic mass is 35.5. The molecule has 3 amide bonds. The molecule has 4 heterocycles. The maximum atomic E-state index is 13.3. The Kier molecular flexibility index (Phi) is 10.7. The number of aromatic nitrogens is 2. The van der Waals surface area contributed by atoms with Crippen molar-refractivity contribution in [3.63, 3.8) is 0 Å². The average Bonchev–Trinajstić information content (AvgIpc) is 3.49. The Morgan fingerprint density at radius 2 is 1.78 bits per heavy atom. The minimum absolute atomic E-state index is 0.153. The quantitative estimate of drug-likeness (QED) is 0.127. The number of carbonyl (C=O) groups is 3. The first-order valence-corrected chi connectivity index (χ1v) is 21.0. The molecule has 3 aromatic carbocycles. The molecule has 3 N–H and O–H groups in total. The predicted molar refractivity (Wildman–Crippen MR) is 211 cm³/mol. The number of anilines is 5. The number of methoxy groups -OCH3 is 1. The number of imide groups is 1. The van der Waals surface area contributed by atoms with Crippen LogP contribution < -0.4 is 30.9 Å². The number of para-hydroxylation sites is 1. The van der Waals surface area contributed by atoms with Crippen LogP contribution in [0.25, 0.3) is 0 Å². The summed E-state index contributed by atoms with van der Waals surface area (Å²) in [7, 11) is 1.20. The maximum absolute atomic E-state index is 13.3. The van der Waals surface area contributed by atoms with Crippen molar-refractivity contribution < 1.29 is 23.7 Å². The first-order chi connectivity index (χ1) is 25.9. The van der Waals surface area contributed by atoms with Gasteiger partial charge in [-0.25, -0.2) is 4.98 Å². The summed E-state index contributed by atoms with van der Waals surface area (Å²) in [6.45, 7) is 6.23. The number of hydrogen-bond donors (Lipinski definition) is 3. The van der Waals surface area contributed by atoms with Gasteiger partial charge < -0.3 is 29.7 Å². The molecule has 0 bridgehead atoms. The lowest BCUT2D eigenvalue weighted by Gasteiger charge is -2.38. The smallest absolute Gasteiger partial charge is 0.255 e. The number of piperidine rings is 2. The highest BCUT2D eigenvalue weighted by Gasteiger charge is 2.40. The summed E-state index contributed by atoms with van der Waals surface area (Å²) in [5, 5.41) is 9.91. The van der Waals surface area contributed by atoms with Gasteiger partial charge in [0.05, 0.1) is 24.7 Å². The largest absolute Gasteiger partial charge is 0.494 e. The van der Waals surface area contributed by atoms with E-state index in [2.05, 4.69) is 54.9 Å². The molecule has 3 aliphatic heterocycles. The lowest BCUT2D eigenvalue weighted by atomic mass is 9.99. The van der Waals surface area contributed by atoms with E-state index in [0.29, 0.717) is 70.3 Å².